The van der Waals surface area contributed by atoms with Crippen LogP contribution in [-0.2, 0) is 4.74 Å². The van der Waals surface area contributed by atoms with Gasteiger partial charge in [0.1, 0.15) is 0 Å². The van der Waals surface area contributed by atoms with Crippen molar-refractivity contribution in [2.45, 2.75) is 44.8 Å². The third-order valence-electron chi connectivity index (χ3n) is 3.11. The lowest BCUT2D eigenvalue weighted by molar-refractivity contribution is -0.0553. The Balaban J connectivity index is 1.94. The van der Waals surface area contributed by atoms with Crippen LogP contribution in [0.5, 0.6) is 0 Å². The Hall–Kier alpha value is -0.0800. The molecule has 0 N–H and O–H groups in total. The van der Waals surface area contributed by atoms with Crippen molar-refractivity contribution >= 4 is 0 Å². The topological polar surface area (TPSA) is 12.5 Å². The molecule has 2 fully saturated rings. The van der Waals surface area contributed by atoms with Gasteiger partial charge in [-0.15, -0.1) is 0 Å². The van der Waals surface area contributed by atoms with Crippen LogP contribution in [0.2, 0.25) is 0 Å². The largest absolute Gasteiger partial charge is 0.375 e. The van der Waals surface area contributed by atoms with Crippen LogP contribution in [0, 0.1) is 0 Å². The second kappa shape index (κ2) is 3.75. The number of hydrogen-bond donors (Lipinski definition) is 0. The summed E-state index contributed by atoms with van der Waals surface area (Å²) in [6.07, 6.45) is 5.89. The van der Waals surface area contributed by atoms with Crippen molar-refractivity contribution in [3.63, 3.8) is 0 Å². The van der Waals surface area contributed by atoms with Gasteiger partial charge >= 0.3 is 0 Å². The highest BCUT2D eigenvalue weighted by atomic mass is 16.5. The second-order valence-electron chi connectivity index (χ2n) is 3.94. The van der Waals surface area contributed by atoms with E-state index in [2.05, 4.69) is 11.8 Å². The molecule has 2 atom stereocenters. The SMILES string of the molecule is CCCN1CCOC2CCCC21. The van der Waals surface area contributed by atoms with E-state index in [0.717, 1.165) is 19.2 Å². The van der Waals surface area contributed by atoms with Gasteiger partial charge in [-0.05, 0) is 32.2 Å². The van der Waals surface area contributed by atoms with Gasteiger partial charge in [0.25, 0.3) is 0 Å². The summed E-state index contributed by atoms with van der Waals surface area (Å²) >= 11 is 0. The maximum atomic E-state index is 5.74. The molecule has 1 heterocycles. The minimum atomic E-state index is 0.574. The molecule has 1 aliphatic heterocycles. The first-order valence-corrected chi connectivity index (χ1v) is 5.27. The molecule has 2 heteroatoms. The molecule has 0 radical (unpaired) electrons. The van der Waals surface area contributed by atoms with Crippen LogP contribution in [0.4, 0.5) is 0 Å². The van der Waals surface area contributed by atoms with E-state index in [4.69, 9.17) is 4.74 Å². The molecule has 1 saturated heterocycles. The lowest BCUT2D eigenvalue weighted by atomic mass is 10.1. The Morgan fingerprint density at radius 1 is 1.42 bits per heavy atom. The van der Waals surface area contributed by atoms with Crippen LogP contribution in [0.25, 0.3) is 0 Å². The third-order valence-corrected chi connectivity index (χ3v) is 3.11. The van der Waals surface area contributed by atoms with Gasteiger partial charge < -0.3 is 4.74 Å². The Bertz CT molecular complexity index is 147. The average Bonchev–Trinajstić information content (AvgIpc) is 2.53. The molecule has 0 bridgehead atoms. The van der Waals surface area contributed by atoms with E-state index in [0.29, 0.717) is 6.10 Å². The molecule has 2 rings (SSSR count). The van der Waals surface area contributed by atoms with Crippen LogP contribution in [0.15, 0.2) is 0 Å². The molecule has 12 heavy (non-hydrogen) atoms. The van der Waals surface area contributed by atoms with Gasteiger partial charge in [-0.1, -0.05) is 6.92 Å². The maximum absolute atomic E-state index is 5.74. The minimum absolute atomic E-state index is 0.574. The zero-order chi connectivity index (χ0) is 8.39. The summed E-state index contributed by atoms with van der Waals surface area (Å²) in [5.74, 6) is 0. The van der Waals surface area contributed by atoms with Crippen molar-refractivity contribution in [1.29, 1.82) is 0 Å². The van der Waals surface area contributed by atoms with E-state index in [1.54, 1.807) is 0 Å². The van der Waals surface area contributed by atoms with Gasteiger partial charge in [0, 0.05) is 12.6 Å². The monoisotopic (exact) mass is 169 g/mol. The van der Waals surface area contributed by atoms with E-state index < -0.39 is 0 Å². The Morgan fingerprint density at radius 2 is 2.33 bits per heavy atom. The summed E-state index contributed by atoms with van der Waals surface area (Å²) in [7, 11) is 0. The van der Waals surface area contributed by atoms with E-state index in [9.17, 15) is 0 Å². The van der Waals surface area contributed by atoms with Crippen LogP contribution < -0.4 is 0 Å². The van der Waals surface area contributed by atoms with Crippen LogP contribution in [-0.4, -0.2) is 36.7 Å². The highest BCUT2D eigenvalue weighted by Crippen LogP contribution is 2.29. The summed E-state index contributed by atoms with van der Waals surface area (Å²) in [6.45, 7) is 5.65. The summed E-state index contributed by atoms with van der Waals surface area (Å²) in [4.78, 5) is 2.63. The van der Waals surface area contributed by atoms with Gasteiger partial charge in [0.2, 0.25) is 0 Å². The normalized spacial score (nSPS) is 36.8. The maximum Gasteiger partial charge on any atom is 0.0730 e. The van der Waals surface area contributed by atoms with Gasteiger partial charge in [0.05, 0.1) is 12.7 Å². The molecular formula is C10H19NO. The van der Waals surface area contributed by atoms with Gasteiger partial charge in [0.15, 0.2) is 0 Å². The first-order chi connectivity index (χ1) is 5.92. The van der Waals surface area contributed by atoms with Crippen molar-refractivity contribution in [1.82, 2.24) is 4.90 Å². The fourth-order valence-electron chi connectivity index (χ4n) is 2.57. The van der Waals surface area contributed by atoms with Crippen LogP contribution in [0.1, 0.15) is 32.6 Å². The molecule has 0 aromatic carbocycles. The molecule has 70 valence electrons. The number of rotatable bonds is 2. The van der Waals surface area contributed by atoms with Gasteiger partial charge in [-0.2, -0.15) is 0 Å². The zero-order valence-corrected chi connectivity index (χ0v) is 7.96. The molecule has 2 unspecified atom stereocenters. The van der Waals surface area contributed by atoms with Gasteiger partial charge in [-0.25, -0.2) is 0 Å². The van der Waals surface area contributed by atoms with Crippen molar-refractivity contribution in [2.24, 2.45) is 0 Å². The Kier molecular flexibility index (Phi) is 2.66. The van der Waals surface area contributed by atoms with Crippen molar-refractivity contribution < 1.29 is 4.74 Å². The summed E-state index contributed by atoms with van der Waals surface area (Å²) in [5, 5.41) is 0. The zero-order valence-electron chi connectivity index (χ0n) is 7.96. The number of morpholine rings is 1. The standard InChI is InChI=1S/C10H19NO/c1-2-6-11-7-8-12-10-5-3-4-9(10)11/h9-10H,2-8H2,1H3. The lowest BCUT2D eigenvalue weighted by Crippen LogP contribution is -2.48. The molecule has 2 aliphatic rings. The Morgan fingerprint density at radius 3 is 3.17 bits per heavy atom. The van der Waals surface area contributed by atoms with E-state index in [-0.39, 0.29) is 0 Å². The fourth-order valence-corrected chi connectivity index (χ4v) is 2.57. The van der Waals surface area contributed by atoms with Crippen LogP contribution >= 0.6 is 0 Å². The molecule has 1 aliphatic carbocycles. The molecule has 0 aromatic heterocycles. The molecule has 2 nitrogen and oxygen atoms in total. The average molecular weight is 169 g/mol. The highest BCUT2D eigenvalue weighted by Gasteiger charge is 2.35. The first-order valence-electron chi connectivity index (χ1n) is 5.27. The first kappa shape index (κ1) is 8.52. The fraction of sp³-hybridized carbons (Fsp3) is 1.00. The molecular weight excluding hydrogens is 150 g/mol. The number of hydrogen-bond acceptors (Lipinski definition) is 2. The number of ether oxygens (including phenoxy) is 1. The van der Waals surface area contributed by atoms with Crippen molar-refractivity contribution in [3.05, 3.63) is 0 Å². The Labute approximate surface area is 74.9 Å². The smallest absolute Gasteiger partial charge is 0.0730 e. The summed E-state index contributed by atoms with van der Waals surface area (Å²) in [6, 6.07) is 0.763. The number of nitrogens with zero attached hydrogens (tertiary/aromatic N) is 1. The number of fused-ring (bicyclic) bond motifs is 1. The molecule has 0 aromatic rings. The lowest BCUT2D eigenvalue weighted by Gasteiger charge is -2.37. The molecule has 0 spiro atoms. The van der Waals surface area contributed by atoms with E-state index in [1.807, 2.05) is 0 Å². The molecule has 0 amide bonds. The van der Waals surface area contributed by atoms with Crippen molar-refractivity contribution in [3.8, 4) is 0 Å². The minimum Gasteiger partial charge on any atom is -0.375 e. The highest BCUT2D eigenvalue weighted by molar-refractivity contribution is 4.88. The third kappa shape index (κ3) is 1.50. The predicted octanol–water partition coefficient (Wildman–Crippen LogP) is 1.65. The summed E-state index contributed by atoms with van der Waals surface area (Å²) < 4.78 is 5.74. The molecule has 1 saturated carbocycles. The van der Waals surface area contributed by atoms with Gasteiger partial charge in [-0.3, -0.25) is 4.90 Å². The van der Waals surface area contributed by atoms with Crippen LogP contribution in [0.3, 0.4) is 0 Å². The quantitative estimate of drug-likeness (QED) is 0.623. The summed E-state index contributed by atoms with van der Waals surface area (Å²) in [5.41, 5.74) is 0. The predicted molar refractivity (Wildman–Crippen MR) is 49.2 cm³/mol. The van der Waals surface area contributed by atoms with E-state index in [1.165, 1.54) is 32.2 Å². The second-order valence-corrected chi connectivity index (χ2v) is 3.94. The van der Waals surface area contributed by atoms with E-state index >= 15 is 0 Å². The van der Waals surface area contributed by atoms with Crippen molar-refractivity contribution in [2.75, 3.05) is 19.7 Å².